The minimum atomic E-state index is -3.31. The number of likely N-dealkylation sites (tertiary alicyclic amines) is 1. The van der Waals surface area contributed by atoms with Crippen LogP contribution in [0.2, 0.25) is 0 Å². The van der Waals surface area contributed by atoms with E-state index in [1.54, 1.807) is 14.1 Å². The minimum absolute atomic E-state index is 0.0981. The Labute approximate surface area is 182 Å². The molecule has 0 bridgehead atoms. The van der Waals surface area contributed by atoms with Gasteiger partial charge >= 0.3 is 0 Å². The van der Waals surface area contributed by atoms with E-state index in [0.717, 1.165) is 50.4 Å². The number of piperidine rings is 1. The second-order valence-electron chi connectivity index (χ2n) is 9.45. The minimum Gasteiger partial charge on any atom is -0.493 e. The van der Waals surface area contributed by atoms with Crippen LogP contribution in [0.4, 0.5) is 0 Å². The summed E-state index contributed by atoms with van der Waals surface area (Å²) >= 11 is 0. The number of fused-ring (bicyclic) bond motifs is 1. The zero-order valence-corrected chi connectivity index (χ0v) is 19.3. The molecule has 0 atom stereocenters. The lowest BCUT2D eigenvalue weighted by Crippen LogP contribution is -2.43. The molecule has 2 aliphatic heterocycles. The molecule has 1 aromatic rings. The number of ether oxygens (including phenoxy) is 1. The van der Waals surface area contributed by atoms with Crippen LogP contribution in [-0.4, -0.2) is 64.0 Å². The zero-order valence-electron chi connectivity index (χ0n) is 18.5. The Morgan fingerprint density at radius 3 is 2.53 bits per heavy atom. The molecule has 1 N–H and O–H groups in total. The molecule has 1 aliphatic carbocycles. The Balaban J connectivity index is 1.18. The SMILES string of the molecule is CN(C)S(=O)(=O)NC1CCC(CCN2CCC(c3cccc4c3CCO4)CC2)CC1. The molecule has 30 heavy (non-hydrogen) atoms. The Bertz CT molecular complexity index is 811. The van der Waals surface area contributed by atoms with Crippen LogP contribution in [-0.2, 0) is 16.6 Å². The van der Waals surface area contributed by atoms with E-state index in [2.05, 4.69) is 27.8 Å². The molecule has 0 unspecified atom stereocenters. The van der Waals surface area contributed by atoms with Gasteiger partial charge in [0.25, 0.3) is 10.2 Å². The highest BCUT2D eigenvalue weighted by molar-refractivity contribution is 7.87. The van der Waals surface area contributed by atoms with Crippen molar-refractivity contribution < 1.29 is 13.2 Å². The highest BCUT2D eigenvalue weighted by atomic mass is 32.2. The van der Waals surface area contributed by atoms with E-state index in [-0.39, 0.29) is 6.04 Å². The number of hydrogen-bond donors (Lipinski definition) is 1. The summed E-state index contributed by atoms with van der Waals surface area (Å²) in [7, 11) is -0.151. The smallest absolute Gasteiger partial charge is 0.279 e. The van der Waals surface area contributed by atoms with Crippen LogP contribution in [0.1, 0.15) is 62.0 Å². The first kappa shape index (κ1) is 22.1. The van der Waals surface area contributed by atoms with E-state index < -0.39 is 10.2 Å². The number of rotatable bonds is 7. The maximum Gasteiger partial charge on any atom is 0.279 e. The summed E-state index contributed by atoms with van der Waals surface area (Å²) in [5, 5.41) is 0. The summed E-state index contributed by atoms with van der Waals surface area (Å²) in [4.78, 5) is 2.64. The average molecular weight is 436 g/mol. The molecule has 0 aromatic heterocycles. The van der Waals surface area contributed by atoms with Gasteiger partial charge in [-0.3, -0.25) is 0 Å². The van der Waals surface area contributed by atoms with Gasteiger partial charge in [-0.05, 0) is 88.0 Å². The van der Waals surface area contributed by atoms with Crippen molar-refractivity contribution in [2.75, 3.05) is 40.3 Å². The lowest BCUT2D eigenvalue weighted by Gasteiger charge is -2.35. The van der Waals surface area contributed by atoms with Crippen LogP contribution in [0.3, 0.4) is 0 Å². The van der Waals surface area contributed by atoms with Gasteiger partial charge in [0.15, 0.2) is 0 Å². The molecule has 2 heterocycles. The van der Waals surface area contributed by atoms with Crippen LogP contribution in [0.25, 0.3) is 0 Å². The van der Waals surface area contributed by atoms with E-state index in [4.69, 9.17) is 4.74 Å². The largest absolute Gasteiger partial charge is 0.493 e. The normalized spacial score (nSPS) is 26.0. The molecule has 0 amide bonds. The Morgan fingerprint density at radius 1 is 1.10 bits per heavy atom. The molecule has 168 valence electrons. The van der Waals surface area contributed by atoms with Crippen LogP contribution in [0, 0.1) is 5.92 Å². The molecule has 6 nitrogen and oxygen atoms in total. The number of nitrogens with one attached hydrogen (secondary N) is 1. The van der Waals surface area contributed by atoms with Crippen LogP contribution in [0.5, 0.6) is 5.75 Å². The van der Waals surface area contributed by atoms with Gasteiger partial charge in [-0.2, -0.15) is 17.4 Å². The van der Waals surface area contributed by atoms with Gasteiger partial charge in [-0.1, -0.05) is 12.1 Å². The van der Waals surface area contributed by atoms with Crippen LogP contribution >= 0.6 is 0 Å². The summed E-state index contributed by atoms with van der Waals surface area (Å²) in [6.07, 6.45) is 8.99. The highest BCUT2D eigenvalue weighted by Crippen LogP contribution is 2.37. The Morgan fingerprint density at radius 2 is 1.83 bits per heavy atom. The molecule has 1 saturated heterocycles. The summed E-state index contributed by atoms with van der Waals surface area (Å²) in [6.45, 7) is 4.39. The van der Waals surface area contributed by atoms with Crippen molar-refractivity contribution in [3.8, 4) is 5.75 Å². The molecule has 1 saturated carbocycles. The first-order valence-electron chi connectivity index (χ1n) is 11.6. The van der Waals surface area contributed by atoms with E-state index in [1.165, 1.54) is 54.3 Å². The van der Waals surface area contributed by atoms with Gasteiger partial charge in [0.1, 0.15) is 5.75 Å². The quantitative estimate of drug-likeness (QED) is 0.715. The fraction of sp³-hybridized carbons (Fsp3) is 0.739. The molecule has 7 heteroatoms. The van der Waals surface area contributed by atoms with Crippen molar-refractivity contribution in [3.05, 3.63) is 29.3 Å². The van der Waals surface area contributed by atoms with Crippen molar-refractivity contribution in [2.45, 2.75) is 63.3 Å². The summed E-state index contributed by atoms with van der Waals surface area (Å²) in [5.41, 5.74) is 2.99. The van der Waals surface area contributed by atoms with E-state index in [1.807, 2.05) is 0 Å². The monoisotopic (exact) mass is 435 g/mol. The lowest BCUT2D eigenvalue weighted by molar-refractivity contribution is 0.185. The standard InChI is InChI=1S/C23H37N3O3S/c1-25(2)30(27,28)24-20-8-6-18(7-9-20)10-14-26-15-11-19(12-16-26)21-4-3-5-23-22(21)13-17-29-23/h3-5,18-20,24H,6-17H2,1-2H3. The van der Waals surface area contributed by atoms with Crippen molar-refractivity contribution >= 4 is 10.2 Å². The van der Waals surface area contributed by atoms with Crippen molar-refractivity contribution in [2.24, 2.45) is 5.92 Å². The Hall–Kier alpha value is -1.15. The lowest BCUT2D eigenvalue weighted by atomic mass is 9.83. The third kappa shape index (κ3) is 5.18. The van der Waals surface area contributed by atoms with Crippen molar-refractivity contribution in [1.82, 2.24) is 13.9 Å². The predicted molar refractivity (Wildman–Crippen MR) is 120 cm³/mol. The fourth-order valence-corrected chi connectivity index (χ4v) is 6.22. The molecule has 0 spiro atoms. The van der Waals surface area contributed by atoms with Gasteiger partial charge in [0.05, 0.1) is 6.61 Å². The molecular weight excluding hydrogens is 398 g/mol. The predicted octanol–water partition coefficient (Wildman–Crippen LogP) is 3.15. The maximum absolute atomic E-state index is 12.0. The zero-order chi connectivity index (χ0) is 21.1. The summed E-state index contributed by atoms with van der Waals surface area (Å²) in [6, 6.07) is 6.68. The first-order valence-corrected chi connectivity index (χ1v) is 13.0. The van der Waals surface area contributed by atoms with Gasteiger partial charge in [0, 0.05) is 32.1 Å². The van der Waals surface area contributed by atoms with Gasteiger partial charge in [-0.15, -0.1) is 0 Å². The molecule has 2 fully saturated rings. The van der Waals surface area contributed by atoms with E-state index >= 15 is 0 Å². The molecule has 1 aromatic carbocycles. The molecular formula is C23H37N3O3S. The average Bonchev–Trinajstić information content (AvgIpc) is 3.22. The van der Waals surface area contributed by atoms with Gasteiger partial charge in [0.2, 0.25) is 0 Å². The fourth-order valence-electron chi connectivity index (χ4n) is 5.35. The molecule has 0 radical (unpaired) electrons. The number of hydrogen-bond acceptors (Lipinski definition) is 4. The van der Waals surface area contributed by atoms with Gasteiger partial charge < -0.3 is 9.64 Å². The highest BCUT2D eigenvalue weighted by Gasteiger charge is 2.28. The summed E-state index contributed by atoms with van der Waals surface area (Å²) in [5.74, 6) is 2.52. The number of benzene rings is 1. The second-order valence-corrected chi connectivity index (χ2v) is 11.4. The number of nitrogens with zero attached hydrogens (tertiary/aromatic N) is 2. The van der Waals surface area contributed by atoms with Crippen molar-refractivity contribution in [1.29, 1.82) is 0 Å². The summed E-state index contributed by atoms with van der Waals surface area (Å²) < 4.78 is 33.9. The second kappa shape index (κ2) is 9.55. The van der Waals surface area contributed by atoms with Crippen molar-refractivity contribution in [3.63, 3.8) is 0 Å². The van der Waals surface area contributed by atoms with Crippen LogP contribution in [0.15, 0.2) is 18.2 Å². The topological polar surface area (TPSA) is 61.9 Å². The van der Waals surface area contributed by atoms with E-state index in [9.17, 15) is 8.42 Å². The van der Waals surface area contributed by atoms with Gasteiger partial charge in [-0.25, -0.2) is 0 Å². The molecule has 4 rings (SSSR count). The third-order valence-corrected chi connectivity index (χ3v) is 8.90. The van der Waals surface area contributed by atoms with E-state index in [0.29, 0.717) is 5.92 Å². The Kier molecular flexibility index (Phi) is 7.02. The first-order chi connectivity index (χ1) is 14.4. The maximum atomic E-state index is 12.0. The van der Waals surface area contributed by atoms with Crippen LogP contribution < -0.4 is 9.46 Å². The molecule has 3 aliphatic rings. The third-order valence-electron chi connectivity index (χ3n) is 7.30.